The summed E-state index contributed by atoms with van der Waals surface area (Å²) in [5.41, 5.74) is 9.48. The molecule has 1 amide bonds. The minimum Gasteiger partial charge on any atom is -0.481 e. The molecule has 34 heavy (non-hydrogen) atoms. The highest BCUT2D eigenvalue weighted by Gasteiger charge is 2.30. The number of fused-ring (bicyclic) bond motifs is 1. The third-order valence-electron chi connectivity index (χ3n) is 5.92. The first kappa shape index (κ1) is 23.1. The van der Waals surface area contributed by atoms with Crippen molar-refractivity contribution < 1.29 is 14.3 Å². The number of carbonyl (C=O) groups excluding carboxylic acids is 1. The van der Waals surface area contributed by atoms with Crippen molar-refractivity contribution in [3.63, 3.8) is 0 Å². The first-order valence-electron chi connectivity index (χ1n) is 11.1. The molecule has 0 unspecified atom stereocenters. The van der Waals surface area contributed by atoms with Crippen LogP contribution in [0.2, 0.25) is 0 Å². The second kappa shape index (κ2) is 9.43. The van der Waals surface area contributed by atoms with Crippen LogP contribution in [-0.2, 0) is 4.79 Å². The molecule has 0 saturated carbocycles. The molecule has 3 aromatic heterocycles. The van der Waals surface area contributed by atoms with Crippen LogP contribution in [0.3, 0.4) is 0 Å². The summed E-state index contributed by atoms with van der Waals surface area (Å²) in [5.74, 6) is 7.60. The van der Waals surface area contributed by atoms with Gasteiger partial charge in [0.25, 0.3) is 0 Å². The lowest BCUT2D eigenvalue weighted by Gasteiger charge is -2.17. The number of anilines is 1. The van der Waals surface area contributed by atoms with Crippen molar-refractivity contribution in [3.05, 3.63) is 47.8 Å². The maximum Gasteiger partial charge on any atom is 0.246 e. The zero-order chi connectivity index (χ0) is 24.4. The van der Waals surface area contributed by atoms with Gasteiger partial charge in [0, 0.05) is 37.0 Å². The van der Waals surface area contributed by atoms with Crippen molar-refractivity contribution in [1.82, 2.24) is 24.6 Å². The van der Waals surface area contributed by atoms with E-state index in [9.17, 15) is 4.79 Å². The van der Waals surface area contributed by atoms with E-state index in [-0.39, 0.29) is 17.9 Å². The Balaban J connectivity index is 1.85. The monoisotopic (exact) mass is 460 g/mol. The second-order valence-electron chi connectivity index (χ2n) is 8.39. The highest BCUT2D eigenvalue weighted by atomic mass is 16.5. The van der Waals surface area contributed by atoms with Gasteiger partial charge in [-0.3, -0.25) is 9.48 Å². The van der Waals surface area contributed by atoms with E-state index in [1.807, 2.05) is 4.68 Å². The van der Waals surface area contributed by atoms with Crippen LogP contribution in [0.1, 0.15) is 49.0 Å². The lowest BCUT2D eigenvalue weighted by atomic mass is 10.0. The van der Waals surface area contributed by atoms with Crippen molar-refractivity contribution in [2.24, 2.45) is 0 Å². The van der Waals surface area contributed by atoms with Crippen LogP contribution in [0.4, 0.5) is 5.82 Å². The molecule has 9 nitrogen and oxygen atoms in total. The Labute approximate surface area is 198 Å². The van der Waals surface area contributed by atoms with E-state index in [4.69, 9.17) is 20.3 Å². The molecule has 1 saturated heterocycles. The Hall–Kier alpha value is -4.06. The largest absolute Gasteiger partial charge is 0.481 e. The smallest absolute Gasteiger partial charge is 0.246 e. The molecule has 1 atom stereocenters. The number of aromatic nitrogens is 4. The van der Waals surface area contributed by atoms with E-state index in [2.05, 4.69) is 42.2 Å². The molecule has 176 valence electrons. The van der Waals surface area contributed by atoms with Crippen LogP contribution in [0.25, 0.3) is 10.9 Å². The number of ether oxygens (including phenoxy) is 2. The molecule has 1 aliphatic heterocycles. The summed E-state index contributed by atoms with van der Waals surface area (Å²) in [6, 6.07) is 3.46. The van der Waals surface area contributed by atoms with Crippen molar-refractivity contribution in [2.45, 2.75) is 32.2 Å². The van der Waals surface area contributed by atoms with Gasteiger partial charge < -0.3 is 20.1 Å². The third kappa shape index (κ3) is 4.27. The van der Waals surface area contributed by atoms with Crippen LogP contribution in [0.5, 0.6) is 11.8 Å². The van der Waals surface area contributed by atoms with E-state index in [1.165, 1.54) is 20.3 Å². The van der Waals surface area contributed by atoms with Crippen LogP contribution in [0, 0.1) is 11.8 Å². The van der Waals surface area contributed by atoms with Gasteiger partial charge in [-0.25, -0.2) is 4.98 Å². The summed E-state index contributed by atoms with van der Waals surface area (Å²) in [5, 5.41) is 5.60. The fourth-order valence-corrected chi connectivity index (χ4v) is 4.16. The van der Waals surface area contributed by atoms with Gasteiger partial charge in [0.1, 0.15) is 11.5 Å². The van der Waals surface area contributed by atoms with Crippen molar-refractivity contribution >= 4 is 22.6 Å². The summed E-state index contributed by atoms with van der Waals surface area (Å²) >= 11 is 0. The minimum atomic E-state index is -0.0789. The number of methoxy groups -OCH3 is 2. The van der Waals surface area contributed by atoms with Crippen molar-refractivity contribution in [1.29, 1.82) is 0 Å². The average Bonchev–Trinajstić information content (AvgIpc) is 3.47. The zero-order valence-electron chi connectivity index (χ0n) is 19.8. The van der Waals surface area contributed by atoms with Gasteiger partial charge in [-0.15, -0.1) is 0 Å². The molecule has 0 aliphatic carbocycles. The molecule has 0 spiro atoms. The van der Waals surface area contributed by atoms with Gasteiger partial charge in [-0.1, -0.05) is 26.3 Å². The van der Waals surface area contributed by atoms with Gasteiger partial charge in [-0.2, -0.15) is 10.1 Å². The van der Waals surface area contributed by atoms with Crippen LogP contribution < -0.4 is 15.2 Å². The fourth-order valence-electron chi connectivity index (χ4n) is 4.16. The molecule has 0 aromatic carbocycles. The molecule has 9 heteroatoms. The van der Waals surface area contributed by atoms with Gasteiger partial charge in [0.05, 0.1) is 31.2 Å². The second-order valence-corrected chi connectivity index (χ2v) is 8.39. The average molecular weight is 461 g/mol. The Morgan fingerprint density at radius 3 is 2.59 bits per heavy atom. The summed E-state index contributed by atoms with van der Waals surface area (Å²) in [4.78, 5) is 22.6. The minimum absolute atomic E-state index is 0.00219. The van der Waals surface area contributed by atoms with Gasteiger partial charge >= 0.3 is 0 Å². The molecule has 4 heterocycles. The van der Waals surface area contributed by atoms with Crippen LogP contribution in [0.15, 0.2) is 31.0 Å². The molecule has 2 N–H and O–H groups in total. The predicted octanol–water partition coefficient (Wildman–Crippen LogP) is 2.91. The van der Waals surface area contributed by atoms with E-state index in [0.29, 0.717) is 41.9 Å². The van der Waals surface area contributed by atoms with Crippen LogP contribution >= 0.6 is 0 Å². The standard InChI is InChI=1S/C25H28N6O3/c1-6-22(32)30-10-9-17(14-30)31-24-18(15(2)3)13-27-25(26)23(24)19(29-31)8-7-16-11-20(33-4)28-21(12-16)34-5/h6,11-13,15,17H,1,9-10,14H2,2-5H3,(H2,26,27)/t17-/m0/s1. The van der Waals surface area contributed by atoms with E-state index < -0.39 is 0 Å². The predicted molar refractivity (Wildman–Crippen MR) is 130 cm³/mol. The van der Waals surface area contributed by atoms with E-state index >= 15 is 0 Å². The number of amides is 1. The molecule has 0 radical (unpaired) electrons. The Morgan fingerprint density at radius 1 is 1.26 bits per heavy atom. The van der Waals surface area contributed by atoms with Gasteiger partial charge in [0.15, 0.2) is 0 Å². The molecule has 1 fully saturated rings. The summed E-state index contributed by atoms with van der Waals surface area (Å²) in [7, 11) is 3.08. The Kier molecular flexibility index (Phi) is 6.41. The highest BCUT2D eigenvalue weighted by Crippen LogP contribution is 2.34. The van der Waals surface area contributed by atoms with Crippen molar-refractivity contribution in [3.8, 4) is 23.6 Å². The number of nitrogens with two attached hydrogens (primary N) is 1. The number of nitrogen functional groups attached to an aromatic ring is 1. The maximum absolute atomic E-state index is 12.2. The molecule has 1 aliphatic rings. The fraction of sp³-hybridized carbons (Fsp3) is 0.360. The normalized spacial score (nSPS) is 15.3. The lowest BCUT2D eigenvalue weighted by Crippen LogP contribution is -2.27. The summed E-state index contributed by atoms with van der Waals surface area (Å²) < 4.78 is 12.5. The number of hydrogen-bond acceptors (Lipinski definition) is 7. The molecule has 0 bridgehead atoms. The number of pyridine rings is 2. The SMILES string of the molecule is C=CC(=O)N1CC[C@H](n2nc(C#Cc3cc(OC)nc(OC)c3)c3c(N)ncc(C(C)C)c32)C1. The summed E-state index contributed by atoms with van der Waals surface area (Å²) in [6.45, 7) is 9.01. The number of likely N-dealkylation sites (tertiary alicyclic amines) is 1. The first-order chi connectivity index (χ1) is 16.4. The summed E-state index contributed by atoms with van der Waals surface area (Å²) in [6.07, 6.45) is 3.93. The van der Waals surface area contributed by atoms with Crippen LogP contribution in [-0.4, -0.2) is 57.9 Å². The van der Waals surface area contributed by atoms with Crippen molar-refractivity contribution in [2.75, 3.05) is 33.0 Å². The first-order valence-corrected chi connectivity index (χ1v) is 11.1. The quantitative estimate of drug-likeness (QED) is 0.461. The Bertz CT molecular complexity index is 1300. The number of rotatable bonds is 5. The molecule has 3 aromatic rings. The third-order valence-corrected chi connectivity index (χ3v) is 5.92. The lowest BCUT2D eigenvalue weighted by molar-refractivity contribution is -0.125. The Morgan fingerprint density at radius 2 is 1.97 bits per heavy atom. The number of nitrogens with zero attached hydrogens (tertiary/aromatic N) is 5. The number of carbonyl (C=O) groups is 1. The van der Waals surface area contributed by atoms with Gasteiger partial charge in [-0.05, 0) is 29.9 Å². The maximum atomic E-state index is 12.2. The zero-order valence-corrected chi connectivity index (χ0v) is 19.8. The van der Waals surface area contributed by atoms with E-state index in [0.717, 1.165) is 22.9 Å². The molecular weight excluding hydrogens is 432 g/mol. The topological polar surface area (TPSA) is 108 Å². The number of hydrogen-bond donors (Lipinski definition) is 1. The molecular formula is C25H28N6O3. The van der Waals surface area contributed by atoms with Gasteiger partial charge in [0.2, 0.25) is 17.7 Å². The van der Waals surface area contributed by atoms with E-state index in [1.54, 1.807) is 23.2 Å². The molecule has 4 rings (SSSR count). The highest BCUT2D eigenvalue weighted by molar-refractivity contribution is 5.95.